The number of aliphatic imine (C=N–C) groups is 1. The molecular weight excluding hydrogens is 198 g/mol. The predicted octanol–water partition coefficient (Wildman–Crippen LogP) is 1.11. The van der Waals surface area contributed by atoms with Gasteiger partial charge in [0, 0.05) is 0 Å². The maximum Gasteiger partial charge on any atom is 0.284 e. The fourth-order valence-electron chi connectivity index (χ4n) is 1.29. The monoisotopic (exact) mass is 205 g/mol. The summed E-state index contributed by atoms with van der Waals surface area (Å²) in [6.45, 7) is 1.26. The Balaban J connectivity index is 1.94. The van der Waals surface area contributed by atoms with Gasteiger partial charge in [-0.05, 0) is 0 Å². The van der Waals surface area contributed by atoms with Crippen molar-refractivity contribution in [1.29, 1.82) is 0 Å². The molecule has 0 spiro atoms. The van der Waals surface area contributed by atoms with E-state index in [1.807, 2.05) is 0 Å². The van der Waals surface area contributed by atoms with Gasteiger partial charge in [0.15, 0.2) is 5.69 Å². The molecule has 2 aromatic heterocycles. The highest BCUT2D eigenvalue weighted by atomic mass is 16.5. The SMILES string of the molecule is c1coc(-c2nc(C3=NCCO3)co2)n1. The summed E-state index contributed by atoms with van der Waals surface area (Å²) in [5, 5.41) is 0. The van der Waals surface area contributed by atoms with Gasteiger partial charge in [-0.1, -0.05) is 0 Å². The largest absolute Gasteiger partial charge is 0.474 e. The maximum atomic E-state index is 5.25. The van der Waals surface area contributed by atoms with Crippen LogP contribution < -0.4 is 0 Å². The molecule has 0 aliphatic carbocycles. The van der Waals surface area contributed by atoms with Crippen LogP contribution in [0, 0.1) is 0 Å². The summed E-state index contributed by atoms with van der Waals surface area (Å²) in [5.41, 5.74) is 0.570. The van der Waals surface area contributed by atoms with Gasteiger partial charge in [0.2, 0.25) is 5.90 Å². The van der Waals surface area contributed by atoms with Crippen LogP contribution >= 0.6 is 0 Å². The second-order valence-corrected chi connectivity index (χ2v) is 2.91. The first-order valence-electron chi connectivity index (χ1n) is 4.46. The van der Waals surface area contributed by atoms with E-state index in [9.17, 15) is 0 Å². The molecule has 6 nitrogen and oxygen atoms in total. The molecule has 0 aromatic carbocycles. The average Bonchev–Trinajstić information content (AvgIpc) is 3.02. The van der Waals surface area contributed by atoms with E-state index >= 15 is 0 Å². The van der Waals surface area contributed by atoms with E-state index in [2.05, 4.69) is 15.0 Å². The molecule has 2 aromatic rings. The van der Waals surface area contributed by atoms with Gasteiger partial charge in [0.05, 0.1) is 12.7 Å². The lowest BCUT2D eigenvalue weighted by Gasteiger charge is -1.92. The number of nitrogens with zero attached hydrogens (tertiary/aromatic N) is 3. The van der Waals surface area contributed by atoms with Crippen LogP contribution in [0.25, 0.3) is 11.8 Å². The molecule has 76 valence electrons. The molecule has 0 saturated heterocycles. The molecular formula is C9H7N3O3. The molecule has 3 rings (SSSR count). The number of ether oxygens (including phenoxy) is 1. The van der Waals surface area contributed by atoms with Gasteiger partial charge in [0.25, 0.3) is 11.8 Å². The Bertz CT molecular complexity index is 486. The van der Waals surface area contributed by atoms with Crippen LogP contribution in [0.5, 0.6) is 0 Å². The zero-order valence-corrected chi connectivity index (χ0v) is 7.71. The van der Waals surface area contributed by atoms with Gasteiger partial charge in [0.1, 0.15) is 19.1 Å². The van der Waals surface area contributed by atoms with Crippen molar-refractivity contribution < 1.29 is 13.6 Å². The maximum absolute atomic E-state index is 5.25. The van der Waals surface area contributed by atoms with Crippen molar-refractivity contribution in [3.63, 3.8) is 0 Å². The lowest BCUT2D eigenvalue weighted by atomic mass is 10.5. The molecule has 0 bridgehead atoms. The van der Waals surface area contributed by atoms with Crippen molar-refractivity contribution >= 4 is 5.90 Å². The average molecular weight is 205 g/mol. The molecule has 3 heterocycles. The Morgan fingerprint density at radius 1 is 1.20 bits per heavy atom. The van der Waals surface area contributed by atoms with E-state index in [1.165, 1.54) is 18.7 Å². The third-order valence-electron chi connectivity index (χ3n) is 1.92. The minimum atomic E-state index is 0.327. The quantitative estimate of drug-likeness (QED) is 0.734. The summed E-state index contributed by atoms with van der Waals surface area (Å²) in [4.78, 5) is 12.2. The minimum Gasteiger partial charge on any atom is -0.474 e. The third-order valence-corrected chi connectivity index (χ3v) is 1.92. The molecule has 0 unspecified atom stereocenters. The second-order valence-electron chi connectivity index (χ2n) is 2.91. The lowest BCUT2D eigenvalue weighted by molar-refractivity contribution is 0.347. The van der Waals surface area contributed by atoms with Crippen LogP contribution in [0.3, 0.4) is 0 Å². The molecule has 1 aliphatic rings. The van der Waals surface area contributed by atoms with Crippen LogP contribution in [0.1, 0.15) is 5.69 Å². The second kappa shape index (κ2) is 3.23. The van der Waals surface area contributed by atoms with E-state index < -0.39 is 0 Å². The van der Waals surface area contributed by atoms with E-state index in [-0.39, 0.29) is 0 Å². The zero-order valence-electron chi connectivity index (χ0n) is 7.71. The number of rotatable bonds is 2. The Morgan fingerprint density at radius 2 is 2.20 bits per heavy atom. The Morgan fingerprint density at radius 3 is 2.93 bits per heavy atom. The van der Waals surface area contributed by atoms with Gasteiger partial charge in [-0.3, -0.25) is 0 Å². The van der Waals surface area contributed by atoms with Gasteiger partial charge in [-0.25, -0.2) is 9.98 Å². The molecule has 0 N–H and O–H groups in total. The Labute approximate surface area is 84.6 Å². The van der Waals surface area contributed by atoms with Crippen molar-refractivity contribution in [1.82, 2.24) is 9.97 Å². The van der Waals surface area contributed by atoms with Crippen LogP contribution in [0.15, 0.2) is 32.5 Å². The molecule has 0 atom stereocenters. The van der Waals surface area contributed by atoms with Gasteiger partial charge in [-0.2, -0.15) is 4.98 Å². The molecule has 0 saturated carbocycles. The summed E-state index contributed by atoms with van der Waals surface area (Å²) in [6, 6.07) is 0. The number of hydrogen-bond donors (Lipinski definition) is 0. The first-order valence-corrected chi connectivity index (χ1v) is 4.46. The number of aromatic nitrogens is 2. The van der Waals surface area contributed by atoms with Crippen molar-refractivity contribution in [3.05, 3.63) is 24.4 Å². The van der Waals surface area contributed by atoms with Crippen molar-refractivity contribution in [2.24, 2.45) is 4.99 Å². The fourth-order valence-corrected chi connectivity index (χ4v) is 1.29. The third kappa shape index (κ3) is 1.39. The van der Waals surface area contributed by atoms with Crippen molar-refractivity contribution in [3.8, 4) is 11.8 Å². The molecule has 0 fully saturated rings. The van der Waals surface area contributed by atoms with Crippen LogP contribution in [-0.4, -0.2) is 29.0 Å². The summed E-state index contributed by atoms with van der Waals surface area (Å²) in [7, 11) is 0. The normalized spacial score (nSPS) is 15.1. The van der Waals surface area contributed by atoms with E-state index in [0.29, 0.717) is 36.5 Å². The molecule has 15 heavy (non-hydrogen) atoms. The summed E-state index contributed by atoms with van der Waals surface area (Å²) in [6.07, 6.45) is 4.47. The van der Waals surface area contributed by atoms with Crippen molar-refractivity contribution in [2.75, 3.05) is 13.2 Å². The van der Waals surface area contributed by atoms with Gasteiger partial charge >= 0.3 is 0 Å². The van der Waals surface area contributed by atoms with Crippen molar-refractivity contribution in [2.45, 2.75) is 0 Å². The van der Waals surface area contributed by atoms with E-state index in [4.69, 9.17) is 13.6 Å². The minimum absolute atomic E-state index is 0.327. The summed E-state index contributed by atoms with van der Waals surface area (Å²) < 4.78 is 15.5. The highest BCUT2D eigenvalue weighted by Crippen LogP contribution is 2.17. The number of hydrogen-bond acceptors (Lipinski definition) is 6. The van der Waals surface area contributed by atoms with Crippen LogP contribution in [0.4, 0.5) is 0 Å². The van der Waals surface area contributed by atoms with Gasteiger partial charge in [-0.15, -0.1) is 0 Å². The lowest BCUT2D eigenvalue weighted by Crippen LogP contribution is -2.01. The first kappa shape index (κ1) is 8.22. The standard InChI is InChI=1S/C9H7N3O3/c1-3-13-7(10-1)6-5-15-9(12-6)8-11-2-4-14-8/h2,4-5H,1,3H2. The summed E-state index contributed by atoms with van der Waals surface area (Å²) >= 11 is 0. The smallest absolute Gasteiger partial charge is 0.284 e. The Kier molecular flexibility index (Phi) is 1.77. The predicted molar refractivity (Wildman–Crippen MR) is 49.4 cm³/mol. The molecule has 1 aliphatic heterocycles. The van der Waals surface area contributed by atoms with Gasteiger partial charge < -0.3 is 13.6 Å². The van der Waals surface area contributed by atoms with E-state index in [1.54, 1.807) is 0 Å². The topological polar surface area (TPSA) is 73.7 Å². The fraction of sp³-hybridized carbons (Fsp3) is 0.222. The number of oxazole rings is 2. The Hall–Kier alpha value is -2.11. The summed E-state index contributed by atoms with van der Waals surface area (Å²) in [5.74, 6) is 1.18. The van der Waals surface area contributed by atoms with E-state index in [0.717, 1.165) is 0 Å². The van der Waals surface area contributed by atoms with Crippen LogP contribution in [0.2, 0.25) is 0 Å². The molecule has 6 heteroatoms. The highest BCUT2D eigenvalue weighted by molar-refractivity contribution is 5.93. The zero-order chi connectivity index (χ0) is 10.1. The van der Waals surface area contributed by atoms with Crippen LogP contribution in [-0.2, 0) is 4.74 Å². The first-order chi connectivity index (χ1) is 7.43. The molecule has 0 amide bonds. The highest BCUT2D eigenvalue weighted by Gasteiger charge is 2.17. The molecule has 0 radical (unpaired) electrons.